The Balaban J connectivity index is 1.58. The van der Waals surface area contributed by atoms with Crippen LogP contribution in [0.1, 0.15) is 37.2 Å². The van der Waals surface area contributed by atoms with Gasteiger partial charge in [-0.3, -0.25) is 0 Å². The fourth-order valence-electron chi connectivity index (χ4n) is 4.15. The highest BCUT2D eigenvalue weighted by Gasteiger charge is 2.51. The fraction of sp³-hybridized carbons (Fsp3) is 0.647. The van der Waals surface area contributed by atoms with E-state index in [2.05, 4.69) is 24.3 Å². The van der Waals surface area contributed by atoms with Crippen molar-refractivity contribution in [3.63, 3.8) is 0 Å². The third-order valence-electron chi connectivity index (χ3n) is 5.41. The van der Waals surface area contributed by atoms with Gasteiger partial charge in [0, 0.05) is 29.2 Å². The molecule has 1 aromatic carbocycles. The topological polar surface area (TPSA) is 35.2 Å². The van der Waals surface area contributed by atoms with Crippen molar-refractivity contribution >= 4 is 11.8 Å². The monoisotopic (exact) mass is 289 g/mol. The maximum Gasteiger partial charge on any atom is 0.0672 e. The molecule has 0 bridgehead atoms. The molecule has 3 atom stereocenters. The van der Waals surface area contributed by atoms with Crippen LogP contribution in [0.2, 0.25) is 0 Å². The summed E-state index contributed by atoms with van der Waals surface area (Å²) in [4.78, 5) is 1.48. The van der Waals surface area contributed by atoms with Gasteiger partial charge in [0.25, 0.3) is 0 Å². The van der Waals surface area contributed by atoms with E-state index in [1.807, 2.05) is 11.8 Å². The molecule has 1 saturated carbocycles. The summed E-state index contributed by atoms with van der Waals surface area (Å²) in [5, 5.41) is 0. The van der Waals surface area contributed by atoms with Gasteiger partial charge in [-0.1, -0.05) is 18.2 Å². The molecular weight excluding hydrogens is 266 g/mol. The summed E-state index contributed by atoms with van der Waals surface area (Å²) in [6.07, 6.45) is 5.51. The van der Waals surface area contributed by atoms with Gasteiger partial charge in [-0.2, -0.15) is 0 Å². The quantitative estimate of drug-likeness (QED) is 0.922. The second kappa shape index (κ2) is 5.04. The summed E-state index contributed by atoms with van der Waals surface area (Å²) in [6.45, 7) is 1.71. The van der Waals surface area contributed by atoms with Crippen LogP contribution >= 0.6 is 11.8 Å². The zero-order valence-corrected chi connectivity index (χ0v) is 12.7. The molecule has 1 saturated heterocycles. The molecule has 1 aromatic rings. The molecule has 108 valence electrons. The summed E-state index contributed by atoms with van der Waals surface area (Å²) in [5.74, 6) is 2.69. The Morgan fingerprint density at radius 1 is 1.30 bits per heavy atom. The predicted octanol–water partition coefficient (Wildman–Crippen LogP) is 3.41. The molecule has 3 unspecified atom stereocenters. The number of fused-ring (bicyclic) bond motifs is 1. The molecule has 2 aliphatic heterocycles. The van der Waals surface area contributed by atoms with Crippen molar-refractivity contribution in [2.75, 3.05) is 18.9 Å². The average molecular weight is 289 g/mol. The molecule has 3 aliphatic rings. The van der Waals surface area contributed by atoms with Crippen molar-refractivity contribution in [3.8, 4) is 0 Å². The van der Waals surface area contributed by atoms with Crippen LogP contribution in [0.4, 0.5) is 0 Å². The van der Waals surface area contributed by atoms with E-state index in [1.54, 1.807) is 5.56 Å². The van der Waals surface area contributed by atoms with Gasteiger partial charge in [-0.25, -0.2) is 0 Å². The van der Waals surface area contributed by atoms with Gasteiger partial charge in [0.05, 0.1) is 6.10 Å². The molecular formula is C17H23NOS. The highest BCUT2D eigenvalue weighted by molar-refractivity contribution is 7.99. The summed E-state index contributed by atoms with van der Waals surface area (Å²) in [6, 6.07) is 8.90. The Hall–Kier alpha value is -0.510. The molecule has 20 heavy (non-hydrogen) atoms. The van der Waals surface area contributed by atoms with E-state index in [-0.39, 0.29) is 5.41 Å². The van der Waals surface area contributed by atoms with Gasteiger partial charge in [-0.15, -0.1) is 11.8 Å². The number of hydrogen-bond acceptors (Lipinski definition) is 3. The standard InChI is InChI=1S/C17H23NOS/c18-11-17(7-8-19-16(17)12-5-6-12)9-13-10-20-15-4-2-1-3-14(13)15/h1-4,12-13,16H,5-11,18H2. The number of benzene rings is 1. The summed E-state index contributed by atoms with van der Waals surface area (Å²) >= 11 is 2.01. The number of ether oxygens (including phenoxy) is 1. The van der Waals surface area contributed by atoms with Crippen LogP contribution in [0.25, 0.3) is 0 Å². The predicted molar refractivity (Wildman–Crippen MR) is 83.1 cm³/mol. The number of nitrogens with two attached hydrogens (primary N) is 1. The second-order valence-electron chi connectivity index (χ2n) is 6.70. The Morgan fingerprint density at radius 2 is 2.15 bits per heavy atom. The van der Waals surface area contributed by atoms with Gasteiger partial charge >= 0.3 is 0 Å². The van der Waals surface area contributed by atoms with Crippen LogP contribution in [0.5, 0.6) is 0 Å². The molecule has 0 aromatic heterocycles. The van der Waals surface area contributed by atoms with E-state index < -0.39 is 0 Å². The first-order valence-electron chi connectivity index (χ1n) is 7.86. The first-order chi connectivity index (χ1) is 9.82. The molecule has 2 fully saturated rings. The Kier molecular flexibility index (Phi) is 3.32. The van der Waals surface area contributed by atoms with Crippen LogP contribution in [0.15, 0.2) is 29.2 Å². The normalized spacial score (nSPS) is 36.2. The molecule has 2 heterocycles. The third-order valence-corrected chi connectivity index (χ3v) is 6.66. The molecule has 4 rings (SSSR count). The third kappa shape index (κ3) is 2.11. The van der Waals surface area contributed by atoms with Gasteiger partial charge < -0.3 is 10.5 Å². The lowest BCUT2D eigenvalue weighted by molar-refractivity contribution is 0.0281. The van der Waals surface area contributed by atoms with Crippen molar-refractivity contribution in [1.29, 1.82) is 0 Å². The molecule has 0 spiro atoms. The lowest BCUT2D eigenvalue weighted by Gasteiger charge is -2.35. The molecule has 0 radical (unpaired) electrons. The van der Waals surface area contributed by atoms with Crippen molar-refractivity contribution in [2.45, 2.75) is 42.6 Å². The maximum atomic E-state index is 6.24. The lowest BCUT2D eigenvalue weighted by atomic mass is 9.71. The molecule has 0 amide bonds. The van der Waals surface area contributed by atoms with E-state index in [9.17, 15) is 0 Å². The smallest absolute Gasteiger partial charge is 0.0672 e. The van der Waals surface area contributed by atoms with Crippen LogP contribution in [0.3, 0.4) is 0 Å². The summed E-state index contributed by atoms with van der Waals surface area (Å²) in [5.41, 5.74) is 8.02. The van der Waals surface area contributed by atoms with E-state index in [0.29, 0.717) is 12.0 Å². The number of rotatable bonds is 4. The maximum absolute atomic E-state index is 6.24. The van der Waals surface area contributed by atoms with Crippen LogP contribution in [-0.2, 0) is 4.74 Å². The first kappa shape index (κ1) is 13.2. The van der Waals surface area contributed by atoms with E-state index in [4.69, 9.17) is 10.5 Å². The van der Waals surface area contributed by atoms with Crippen LogP contribution in [0, 0.1) is 11.3 Å². The van der Waals surface area contributed by atoms with Gasteiger partial charge in [0.1, 0.15) is 0 Å². The summed E-state index contributed by atoms with van der Waals surface area (Å²) in [7, 11) is 0. The SMILES string of the molecule is NCC1(CC2CSc3ccccc32)CCOC1C1CC1. The lowest BCUT2D eigenvalue weighted by Crippen LogP contribution is -2.41. The number of thioether (sulfide) groups is 1. The van der Waals surface area contributed by atoms with Crippen molar-refractivity contribution in [1.82, 2.24) is 0 Å². The second-order valence-corrected chi connectivity index (χ2v) is 7.76. The van der Waals surface area contributed by atoms with E-state index >= 15 is 0 Å². The van der Waals surface area contributed by atoms with Gasteiger partial charge in [-0.05, 0) is 49.1 Å². The highest BCUT2D eigenvalue weighted by atomic mass is 32.2. The van der Waals surface area contributed by atoms with Gasteiger partial charge in [0.2, 0.25) is 0 Å². The van der Waals surface area contributed by atoms with E-state index in [1.165, 1.54) is 29.9 Å². The fourth-order valence-corrected chi connectivity index (χ4v) is 5.41. The number of hydrogen-bond donors (Lipinski definition) is 1. The molecule has 2 nitrogen and oxygen atoms in total. The van der Waals surface area contributed by atoms with E-state index in [0.717, 1.165) is 25.5 Å². The zero-order chi connectivity index (χ0) is 13.6. The Bertz CT molecular complexity index is 502. The molecule has 2 N–H and O–H groups in total. The van der Waals surface area contributed by atoms with Crippen molar-refractivity contribution in [3.05, 3.63) is 29.8 Å². The van der Waals surface area contributed by atoms with Gasteiger partial charge in [0.15, 0.2) is 0 Å². The molecule has 1 aliphatic carbocycles. The zero-order valence-electron chi connectivity index (χ0n) is 11.9. The van der Waals surface area contributed by atoms with Crippen LogP contribution < -0.4 is 5.73 Å². The first-order valence-corrected chi connectivity index (χ1v) is 8.84. The van der Waals surface area contributed by atoms with Crippen molar-refractivity contribution in [2.24, 2.45) is 17.1 Å². The minimum absolute atomic E-state index is 0.240. The Morgan fingerprint density at radius 3 is 2.95 bits per heavy atom. The largest absolute Gasteiger partial charge is 0.377 e. The highest BCUT2D eigenvalue weighted by Crippen LogP contribution is 2.53. The minimum atomic E-state index is 0.240. The summed E-state index contributed by atoms with van der Waals surface area (Å²) < 4.78 is 6.10. The average Bonchev–Trinajstić information content (AvgIpc) is 3.12. The minimum Gasteiger partial charge on any atom is -0.377 e. The molecule has 3 heteroatoms. The van der Waals surface area contributed by atoms with Crippen molar-refractivity contribution < 1.29 is 4.74 Å². The Labute approximate surface area is 125 Å². The van der Waals surface area contributed by atoms with Crippen LogP contribution in [-0.4, -0.2) is 25.0 Å².